The zero-order chi connectivity index (χ0) is 27.3. The quantitative estimate of drug-likeness (QED) is 0.191. The van der Waals surface area contributed by atoms with E-state index in [0.29, 0.717) is 12.0 Å². The summed E-state index contributed by atoms with van der Waals surface area (Å²) < 4.78 is 26.3. The molecule has 0 aromatic heterocycles. The van der Waals surface area contributed by atoms with Crippen molar-refractivity contribution in [3.8, 4) is 0 Å². The number of rotatable bonds is 8. The molecule has 0 aromatic carbocycles. The number of carbonyl (C=O) groups excluding carboxylic acids is 1. The van der Waals surface area contributed by atoms with Crippen LogP contribution in [0.25, 0.3) is 0 Å². The number of epoxide rings is 1. The number of aliphatic hydroxyl groups is 3. The van der Waals surface area contributed by atoms with E-state index < -0.39 is 70.9 Å². The maximum Gasteiger partial charge on any atom is 0.306 e. The number of aliphatic hydroxyl groups excluding tert-OH is 2. The Hall–Kier alpha value is -1.65. The maximum absolute atomic E-state index is 13.5. The minimum atomic E-state index is -2.21. The van der Waals surface area contributed by atoms with Gasteiger partial charge in [-0.15, -0.1) is 0 Å². The van der Waals surface area contributed by atoms with Gasteiger partial charge in [0.2, 0.25) is 0 Å². The molecule has 0 aromatic rings. The monoisotopic (exact) mass is 528 g/mol. The molecule has 8 heteroatoms. The van der Waals surface area contributed by atoms with E-state index in [1.54, 1.807) is 19.1 Å². The summed E-state index contributed by atoms with van der Waals surface area (Å²) in [4.78, 5) is 13.5. The number of ketones is 1. The van der Waals surface area contributed by atoms with Crippen LogP contribution in [-0.4, -0.2) is 74.4 Å². The van der Waals surface area contributed by atoms with Crippen molar-refractivity contribution in [2.45, 2.75) is 106 Å². The van der Waals surface area contributed by atoms with Gasteiger partial charge in [-0.05, 0) is 50.2 Å². The summed E-state index contributed by atoms with van der Waals surface area (Å²) in [7, 11) is 0. The summed E-state index contributed by atoms with van der Waals surface area (Å²) in [5.41, 5.74) is -4.66. The molecule has 6 aliphatic rings. The second-order valence-corrected chi connectivity index (χ2v) is 12.3. The topological polar surface area (TPSA) is 118 Å². The normalized spacial score (nSPS) is 52.2. The molecule has 2 saturated carbocycles. The number of hydrogen-bond donors (Lipinski definition) is 3. The summed E-state index contributed by atoms with van der Waals surface area (Å²) in [5.74, 6) is -3.79. The van der Waals surface area contributed by atoms with E-state index in [9.17, 15) is 20.1 Å². The molecule has 0 unspecified atom stereocenters. The Labute approximate surface area is 224 Å². The first-order valence-corrected chi connectivity index (χ1v) is 14.0. The molecule has 208 valence electrons. The van der Waals surface area contributed by atoms with Gasteiger partial charge < -0.3 is 34.3 Å². The van der Waals surface area contributed by atoms with Crippen molar-refractivity contribution < 1.29 is 39.1 Å². The highest BCUT2D eigenvalue weighted by molar-refractivity contribution is 6.05. The van der Waals surface area contributed by atoms with Gasteiger partial charge in [-0.2, -0.15) is 0 Å². The van der Waals surface area contributed by atoms with Crippen molar-refractivity contribution in [2.75, 3.05) is 6.61 Å². The number of allylic oxidation sites excluding steroid dienone is 3. The Balaban J connectivity index is 1.48. The SMILES string of the molecule is C=C(C)[C@]12C[C@@H](C)[C@@]34O[C@](/C=C/C=C\CCCCC)(O[C@@H]1[C@@H]3[C@@H]1O[C@]1(CO)[C@@H](O)[C@]1(O)C(=O)C(C)=C[C@H]14)O2. The molecule has 3 bridgehead atoms. The molecule has 38 heavy (non-hydrogen) atoms. The predicted molar refractivity (Wildman–Crippen MR) is 138 cm³/mol. The molecule has 3 aliphatic heterocycles. The van der Waals surface area contributed by atoms with Crippen LogP contribution in [0, 0.1) is 17.8 Å². The van der Waals surface area contributed by atoms with E-state index in [0.717, 1.165) is 24.8 Å². The van der Waals surface area contributed by atoms with Gasteiger partial charge in [0.25, 0.3) is 0 Å². The van der Waals surface area contributed by atoms with Crippen molar-refractivity contribution >= 4 is 5.78 Å². The van der Waals surface area contributed by atoms with E-state index in [1.807, 2.05) is 26.0 Å². The summed E-state index contributed by atoms with van der Waals surface area (Å²) in [6, 6.07) is 0. The van der Waals surface area contributed by atoms with Crippen LogP contribution in [-0.2, 0) is 23.7 Å². The van der Waals surface area contributed by atoms with Crippen molar-refractivity contribution in [3.05, 3.63) is 48.1 Å². The van der Waals surface area contributed by atoms with Crippen LogP contribution in [0.3, 0.4) is 0 Å². The Morgan fingerprint density at radius 1 is 1.21 bits per heavy atom. The molecule has 0 radical (unpaired) electrons. The lowest BCUT2D eigenvalue weighted by molar-refractivity contribution is -0.406. The van der Waals surface area contributed by atoms with E-state index >= 15 is 0 Å². The van der Waals surface area contributed by atoms with Crippen LogP contribution >= 0.6 is 0 Å². The van der Waals surface area contributed by atoms with Crippen LogP contribution in [0.15, 0.2) is 48.1 Å². The second kappa shape index (κ2) is 8.43. The highest BCUT2D eigenvalue weighted by atomic mass is 16.9. The van der Waals surface area contributed by atoms with Gasteiger partial charge in [-0.3, -0.25) is 4.79 Å². The average molecular weight is 529 g/mol. The number of carbonyl (C=O) groups is 1. The van der Waals surface area contributed by atoms with Crippen LogP contribution < -0.4 is 0 Å². The molecule has 8 nitrogen and oxygen atoms in total. The summed E-state index contributed by atoms with van der Waals surface area (Å²) in [5, 5.41) is 34.1. The van der Waals surface area contributed by atoms with Gasteiger partial charge in [-0.25, -0.2) is 0 Å². The van der Waals surface area contributed by atoms with Crippen LogP contribution in [0.4, 0.5) is 0 Å². The fourth-order valence-corrected chi connectivity index (χ4v) is 8.28. The van der Waals surface area contributed by atoms with Crippen LogP contribution in [0.2, 0.25) is 0 Å². The first kappa shape index (κ1) is 26.6. The molecule has 5 fully saturated rings. The number of ether oxygens (including phenoxy) is 4. The highest BCUT2D eigenvalue weighted by Crippen LogP contribution is 2.72. The number of unbranched alkanes of at least 4 members (excludes halogenated alkanes) is 3. The summed E-state index contributed by atoms with van der Waals surface area (Å²) in [6.07, 6.45) is 11.4. The molecular weight excluding hydrogens is 488 g/mol. The summed E-state index contributed by atoms with van der Waals surface area (Å²) in [6.45, 7) is 11.5. The number of Topliss-reactive ketones (excluding diaryl/α,β-unsaturated/α-hetero) is 1. The second-order valence-electron chi connectivity index (χ2n) is 12.3. The van der Waals surface area contributed by atoms with Gasteiger partial charge in [0, 0.05) is 17.9 Å². The van der Waals surface area contributed by atoms with Gasteiger partial charge in [0.15, 0.2) is 11.4 Å². The minimum absolute atomic E-state index is 0.235. The maximum atomic E-state index is 13.5. The molecule has 3 heterocycles. The van der Waals surface area contributed by atoms with E-state index in [4.69, 9.17) is 18.9 Å². The Bertz CT molecular complexity index is 1140. The molecular formula is C30H40O8. The van der Waals surface area contributed by atoms with Crippen molar-refractivity contribution in [1.29, 1.82) is 0 Å². The van der Waals surface area contributed by atoms with E-state index in [2.05, 4.69) is 19.6 Å². The first-order chi connectivity index (χ1) is 18.0. The molecule has 3 N–H and O–H groups in total. The van der Waals surface area contributed by atoms with Crippen LogP contribution in [0.1, 0.15) is 59.8 Å². The zero-order valence-electron chi connectivity index (χ0n) is 22.7. The van der Waals surface area contributed by atoms with Crippen LogP contribution in [0.5, 0.6) is 0 Å². The Kier molecular flexibility index (Phi) is 5.89. The fraction of sp³-hybridized carbons (Fsp3) is 0.700. The lowest BCUT2D eigenvalue weighted by Gasteiger charge is -2.59. The first-order valence-electron chi connectivity index (χ1n) is 14.0. The van der Waals surface area contributed by atoms with Crippen molar-refractivity contribution in [1.82, 2.24) is 0 Å². The van der Waals surface area contributed by atoms with E-state index in [1.165, 1.54) is 6.42 Å². The zero-order valence-corrected chi connectivity index (χ0v) is 22.7. The lowest BCUT2D eigenvalue weighted by atomic mass is 9.54. The third-order valence-corrected chi connectivity index (χ3v) is 10.2. The van der Waals surface area contributed by atoms with Crippen molar-refractivity contribution in [3.63, 3.8) is 0 Å². The summed E-state index contributed by atoms with van der Waals surface area (Å²) >= 11 is 0. The molecule has 3 aliphatic carbocycles. The number of fused-ring (bicyclic) bond motifs is 3. The average Bonchev–Trinajstić information content (AvgIpc) is 3.52. The number of hydrogen-bond acceptors (Lipinski definition) is 8. The molecule has 11 atom stereocenters. The molecule has 0 spiro atoms. The smallest absolute Gasteiger partial charge is 0.306 e. The van der Waals surface area contributed by atoms with Gasteiger partial charge in [0.1, 0.15) is 29.5 Å². The van der Waals surface area contributed by atoms with Crippen molar-refractivity contribution in [2.24, 2.45) is 17.8 Å². The highest BCUT2D eigenvalue weighted by Gasteiger charge is 2.88. The predicted octanol–water partition coefficient (Wildman–Crippen LogP) is 2.87. The van der Waals surface area contributed by atoms with Gasteiger partial charge in [-0.1, -0.05) is 57.6 Å². The standard InChI is InChI=1S/C30H40O8/c1-6-7-8-9-10-11-12-13-28-36-23-21-24-27(16-31,35-24)25(33)29(34)20(14-18(4)22(29)32)30(21,38-28)19(5)15-26(23,37-28)17(2)3/h10-14,19-21,23-25,31,33-34H,2,6-9,15-16H2,1,3-5H3/b11-10-,13-12+/t19-,20-,21-,23-,24+,25-,26-,27+,28-,29-,30+/m1/s1. The lowest BCUT2D eigenvalue weighted by Crippen LogP contribution is -2.72. The molecule has 6 rings (SSSR count). The van der Waals surface area contributed by atoms with Gasteiger partial charge >= 0.3 is 5.97 Å². The fourth-order valence-electron chi connectivity index (χ4n) is 8.28. The van der Waals surface area contributed by atoms with E-state index in [-0.39, 0.29) is 5.92 Å². The third kappa shape index (κ3) is 3.03. The Morgan fingerprint density at radius 2 is 1.97 bits per heavy atom. The molecule has 0 amide bonds. The molecule has 3 saturated heterocycles. The third-order valence-electron chi connectivity index (χ3n) is 10.2. The Morgan fingerprint density at radius 3 is 2.66 bits per heavy atom. The van der Waals surface area contributed by atoms with Gasteiger partial charge in [0.05, 0.1) is 12.2 Å². The minimum Gasteiger partial charge on any atom is -0.393 e. The largest absolute Gasteiger partial charge is 0.393 e.